The van der Waals surface area contributed by atoms with E-state index in [9.17, 15) is 9.59 Å². The van der Waals surface area contributed by atoms with Crippen molar-refractivity contribution >= 4 is 11.9 Å². The van der Waals surface area contributed by atoms with Crippen molar-refractivity contribution in [3.05, 3.63) is 58.5 Å². The zero-order chi connectivity index (χ0) is 16.1. The Morgan fingerprint density at radius 2 is 1.91 bits per heavy atom. The number of furan rings is 1. The zero-order valence-electron chi connectivity index (χ0n) is 12.7. The smallest absolute Gasteiger partial charge is 0.339 e. The topological polar surface area (TPSA) is 79.5 Å². The summed E-state index contributed by atoms with van der Waals surface area (Å²) >= 11 is 0. The monoisotopic (exact) mass is 301 g/mol. The summed E-state index contributed by atoms with van der Waals surface area (Å²) < 4.78 is 5.31. The molecule has 1 amide bonds. The van der Waals surface area contributed by atoms with Gasteiger partial charge in [-0.15, -0.1) is 0 Å². The van der Waals surface area contributed by atoms with Crippen molar-refractivity contribution in [1.82, 2.24) is 5.32 Å². The molecule has 0 bridgehead atoms. The summed E-state index contributed by atoms with van der Waals surface area (Å²) in [6.07, 6.45) is 1.14. The Morgan fingerprint density at radius 1 is 1.23 bits per heavy atom. The average molecular weight is 301 g/mol. The minimum Gasteiger partial charge on any atom is -0.478 e. The molecule has 0 unspecified atom stereocenters. The molecule has 0 saturated heterocycles. The highest BCUT2D eigenvalue weighted by atomic mass is 16.4. The van der Waals surface area contributed by atoms with Crippen LogP contribution in [-0.2, 0) is 12.8 Å². The summed E-state index contributed by atoms with van der Waals surface area (Å²) in [5.41, 5.74) is 2.37. The molecule has 2 N–H and O–H groups in total. The second-order valence-electron chi connectivity index (χ2n) is 5.10. The van der Waals surface area contributed by atoms with E-state index >= 15 is 0 Å². The van der Waals surface area contributed by atoms with Gasteiger partial charge in [0.1, 0.15) is 11.3 Å². The number of aryl methyl sites for hydroxylation is 2. The summed E-state index contributed by atoms with van der Waals surface area (Å²) in [5, 5.41) is 11.8. The maximum atomic E-state index is 12.0. The molecule has 0 radical (unpaired) electrons. The number of aromatic carboxylic acids is 1. The van der Waals surface area contributed by atoms with Crippen LogP contribution in [0.1, 0.15) is 44.7 Å². The van der Waals surface area contributed by atoms with Crippen LogP contribution >= 0.6 is 0 Å². The molecule has 0 aliphatic heterocycles. The van der Waals surface area contributed by atoms with Crippen LogP contribution in [0, 0.1) is 6.92 Å². The molecule has 116 valence electrons. The summed E-state index contributed by atoms with van der Waals surface area (Å²) in [5.74, 6) is -1.12. The molecule has 0 atom stereocenters. The van der Waals surface area contributed by atoms with Crippen molar-refractivity contribution in [2.75, 3.05) is 6.54 Å². The van der Waals surface area contributed by atoms with Gasteiger partial charge in [0.05, 0.1) is 0 Å². The molecule has 2 rings (SSSR count). The van der Waals surface area contributed by atoms with Crippen LogP contribution in [0.5, 0.6) is 0 Å². The fraction of sp³-hybridized carbons (Fsp3) is 0.294. The molecular weight excluding hydrogens is 282 g/mol. The number of nitrogens with one attached hydrogen (secondary N) is 1. The van der Waals surface area contributed by atoms with Gasteiger partial charge in [-0.3, -0.25) is 4.79 Å². The molecule has 5 heteroatoms. The van der Waals surface area contributed by atoms with Gasteiger partial charge < -0.3 is 14.8 Å². The highest BCUT2D eigenvalue weighted by molar-refractivity contribution is 5.96. The van der Waals surface area contributed by atoms with Gasteiger partial charge in [0.2, 0.25) is 0 Å². The standard InChI is InChI=1S/C17H19NO4/c1-3-14-13(17(20)21)10-15(22-14)16(19)18-9-8-12-6-4-11(2)5-7-12/h4-7,10H,3,8-9H2,1-2H3,(H,18,19)(H,20,21). The third-order valence-corrected chi connectivity index (χ3v) is 3.40. The molecule has 2 aromatic rings. The summed E-state index contributed by atoms with van der Waals surface area (Å²) in [6.45, 7) is 4.27. The fourth-order valence-corrected chi connectivity index (χ4v) is 2.15. The van der Waals surface area contributed by atoms with Gasteiger partial charge in [-0.2, -0.15) is 0 Å². The van der Waals surface area contributed by atoms with Crippen molar-refractivity contribution in [2.45, 2.75) is 26.7 Å². The van der Waals surface area contributed by atoms with Crippen LogP contribution in [0.3, 0.4) is 0 Å². The number of carbonyl (C=O) groups is 2. The molecule has 0 spiro atoms. The number of carboxylic acid groups (broad SMARTS) is 1. The van der Waals surface area contributed by atoms with E-state index in [1.807, 2.05) is 31.2 Å². The van der Waals surface area contributed by atoms with Crippen LogP contribution in [0.25, 0.3) is 0 Å². The van der Waals surface area contributed by atoms with Crippen LogP contribution in [0.15, 0.2) is 34.7 Å². The maximum Gasteiger partial charge on any atom is 0.339 e. The number of hydrogen-bond donors (Lipinski definition) is 2. The minimum atomic E-state index is -1.08. The Labute approximate surface area is 129 Å². The van der Waals surface area contributed by atoms with Gasteiger partial charge in [0.25, 0.3) is 5.91 Å². The van der Waals surface area contributed by atoms with Crippen molar-refractivity contribution in [1.29, 1.82) is 0 Å². The van der Waals surface area contributed by atoms with Crippen LogP contribution in [0.2, 0.25) is 0 Å². The molecule has 1 aromatic heterocycles. The van der Waals surface area contributed by atoms with E-state index in [-0.39, 0.29) is 11.3 Å². The predicted octanol–water partition coefficient (Wildman–Crippen LogP) is 2.82. The van der Waals surface area contributed by atoms with Gasteiger partial charge in [0.15, 0.2) is 5.76 Å². The number of rotatable bonds is 6. The molecule has 0 saturated carbocycles. The Bertz CT molecular complexity index is 670. The molecule has 5 nitrogen and oxygen atoms in total. The average Bonchev–Trinajstić information content (AvgIpc) is 2.94. The lowest BCUT2D eigenvalue weighted by Gasteiger charge is -2.04. The summed E-state index contributed by atoms with van der Waals surface area (Å²) in [6, 6.07) is 9.37. The first kappa shape index (κ1) is 15.8. The lowest BCUT2D eigenvalue weighted by molar-refractivity contribution is 0.0694. The first-order valence-corrected chi connectivity index (χ1v) is 7.21. The van der Waals surface area contributed by atoms with Gasteiger partial charge in [-0.25, -0.2) is 4.79 Å². The van der Waals surface area contributed by atoms with Crippen molar-refractivity contribution in [3.8, 4) is 0 Å². The second kappa shape index (κ2) is 6.93. The Hall–Kier alpha value is -2.56. The van der Waals surface area contributed by atoms with Gasteiger partial charge in [-0.1, -0.05) is 36.8 Å². The molecule has 1 heterocycles. The first-order valence-electron chi connectivity index (χ1n) is 7.21. The molecule has 1 aromatic carbocycles. The zero-order valence-corrected chi connectivity index (χ0v) is 12.7. The minimum absolute atomic E-state index is 0.0400. The Balaban J connectivity index is 1.95. The number of amides is 1. The van der Waals surface area contributed by atoms with Gasteiger partial charge in [-0.05, 0) is 18.9 Å². The van der Waals surface area contributed by atoms with E-state index < -0.39 is 11.9 Å². The van der Waals surface area contributed by atoms with Gasteiger partial charge >= 0.3 is 5.97 Å². The number of carboxylic acids is 1. The normalized spacial score (nSPS) is 10.5. The van der Waals surface area contributed by atoms with Crippen molar-refractivity contribution < 1.29 is 19.1 Å². The largest absolute Gasteiger partial charge is 0.478 e. The molecule has 0 aliphatic rings. The second-order valence-corrected chi connectivity index (χ2v) is 5.10. The van der Waals surface area contributed by atoms with E-state index in [1.165, 1.54) is 11.6 Å². The summed E-state index contributed by atoms with van der Waals surface area (Å²) in [7, 11) is 0. The highest BCUT2D eigenvalue weighted by Crippen LogP contribution is 2.16. The Morgan fingerprint density at radius 3 is 2.45 bits per heavy atom. The fourth-order valence-electron chi connectivity index (χ4n) is 2.15. The third-order valence-electron chi connectivity index (χ3n) is 3.40. The predicted molar refractivity (Wildman–Crippen MR) is 82.3 cm³/mol. The number of carbonyl (C=O) groups excluding carboxylic acids is 1. The first-order chi connectivity index (χ1) is 10.5. The van der Waals surface area contributed by atoms with E-state index in [0.717, 1.165) is 5.56 Å². The maximum absolute atomic E-state index is 12.0. The lowest BCUT2D eigenvalue weighted by atomic mass is 10.1. The third kappa shape index (κ3) is 3.75. The quantitative estimate of drug-likeness (QED) is 0.860. The van der Waals surface area contributed by atoms with Gasteiger partial charge in [0, 0.05) is 19.0 Å². The summed E-state index contributed by atoms with van der Waals surface area (Å²) in [4.78, 5) is 23.0. The van der Waals surface area contributed by atoms with E-state index in [1.54, 1.807) is 6.92 Å². The van der Waals surface area contributed by atoms with Crippen molar-refractivity contribution in [2.24, 2.45) is 0 Å². The highest BCUT2D eigenvalue weighted by Gasteiger charge is 2.19. The van der Waals surface area contributed by atoms with Crippen LogP contribution < -0.4 is 5.32 Å². The Kier molecular flexibility index (Phi) is 4.99. The molecule has 22 heavy (non-hydrogen) atoms. The van der Waals surface area contributed by atoms with E-state index in [0.29, 0.717) is 25.1 Å². The SMILES string of the molecule is CCc1oc(C(=O)NCCc2ccc(C)cc2)cc1C(=O)O. The van der Waals surface area contributed by atoms with Crippen LogP contribution in [-0.4, -0.2) is 23.5 Å². The van der Waals surface area contributed by atoms with E-state index in [4.69, 9.17) is 9.52 Å². The molecule has 0 aliphatic carbocycles. The number of hydrogen-bond acceptors (Lipinski definition) is 3. The number of benzene rings is 1. The molecule has 0 fully saturated rings. The lowest BCUT2D eigenvalue weighted by Crippen LogP contribution is -2.25. The van der Waals surface area contributed by atoms with Crippen LogP contribution in [0.4, 0.5) is 0 Å². The molecular formula is C17H19NO4. The van der Waals surface area contributed by atoms with E-state index in [2.05, 4.69) is 5.32 Å². The van der Waals surface area contributed by atoms with Crippen molar-refractivity contribution in [3.63, 3.8) is 0 Å².